The molecule has 2 aromatic carbocycles. The fourth-order valence-electron chi connectivity index (χ4n) is 2.54. The topological polar surface area (TPSA) is 75.5 Å². The Morgan fingerprint density at radius 2 is 1.91 bits per heavy atom. The third-order valence-corrected chi connectivity index (χ3v) is 3.75. The Bertz CT molecular complexity index is 807. The number of hydrogen-bond donors (Lipinski definition) is 2. The Morgan fingerprint density at radius 3 is 2.59 bits per heavy atom. The van der Waals surface area contributed by atoms with Gasteiger partial charge in [-0.2, -0.15) is 0 Å². The molecule has 0 spiro atoms. The van der Waals surface area contributed by atoms with Crippen LogP contribution in [0, 0.1) is 0 Å². The van der Waals surface area contributed by atoms with Crippen LogP contribution in [0.25, 0.3) is 22.6 Å². The van der Waals surface area contributed by atoms with E-state index in [2.05, 4.69) is 23.7 Å². The first-order valence-corrected chi connectivity index (χ1v) is 7.36. The van der Waals surface area contributed by atoms with Gasteiger partial charge in [0, 0.05) is 36.6 Å². The van der Waals surface area contributed by atoms with Crippen LogP contribution in [0.1, 0.15) is 13.8 Å². The molecule has 3 N–H and O–H groups in total. The standard InChI is InChI=1S/C17H19N3O2/c1-3-20(4-2)12-6-7-13(15(21)10-12)17-19-14-8-5-11(18)9-16(14)22-17/h5-10,21H,3-4,18H2,1-2H3. The highest BCUT2D eigenvalue weighted by atomic mass is 16.3. The zero-order valence-electron chi connectivity index (χ0n) is 12.7. The monoisotopic (exact) mass is 297 g/mol. The highest BCUT2D eigenvalue weighted by Gasteiger charge is 2.14. The Kier molecular flexibility index (Phi) is 3.63. The molecule has 1 heterocycles. The van der Waals surface area contributed by atoms with Gasteiger partial charge in [-0.05, 0) is 38.1 Å². The molecule has 0 bridgehead atoms. The minimum atomic E-state index is 0.156. The van der Waals surface area contributed by atoms with E-state index >= 15 is 0 Å². The second-order valence-electron chi connectivity index (χ2n) is 5.12. The lowest BCUT2D eigenvalue weighted by Gasteiger charge is -2.21. The molecule has 0 atom stereocenters. The summed E-state index contributed by atoms with van der Waals surface area (Å²) in [6.45, 7) is 5.94. The quantitative estimate of drug-likeness (QED) is 0.719. The van der Waals surface area contributed by atoms with Crippen molar-refractivity contribution in [1.82, 2.24) is 4.98 Å². The van der Waals surface area contributed by atoms with Crippen molar-refractivity contribution >= 4 is 22.5 Å². The van der Waals surface area contributed by atoms with Crippen LogP contribution >= 0.6 is 0 Å². The van der Waals surface area contributed by atoms with Crippen molar-refractivity contribution in [3.8, 4) is 17.2 Å². The van der Waals surface area contributed by atoms with Gasteiger partial charge in [0.15, 0.2) is 5.58 Å². The van der Waals surface area contributed by atoms with Crippen LogP contribution in [0.3, 0.4) is 0 Å². The summed E-state index contributed by atoms with van der Waals surface area (Å²) in [4.78, 5) is 6.57. The summed E-state index contributed by atoms with van der Waals surface area (Å²) in [5.41, 5.74) is 9.25. The number of phenolic OH excluding ortho intramolecular Hbond substituents is 1. The van der Waals surface area contributed by atoms with Gasteiger partial charge in [-0.25, -0.2) is 4.98 Å². The number of benzene rings is 2. The molecule has 0 radical (unpaired) electrons. The van der Waals surface area contributed by atoms with E-state index in [9.17, 15) is 5.11 Å². The van der Waals surface area contributed by atoms with Crippen molar-refractivity contribution in [2.45, 2.75) is 13.8 Å². The van der Waals surface area contributed by atoms with Crippen LogP contribution in [0.5, 0.6) is 5.75 Å². The number of nitrogens with zero attached hydrogens (tertiary/aromatic N) is 2. The maximum Gasteiger partial charge on any atom is 0.231 e. The molecule has 3 rings (SSSR count). The lowest BCUT2D eigenvalue weighted by Crippen LogP contribution is -2.21. The molecule has 0 aliphatic carbocycles. The Morgan fingerprint density at radius 1 is 1.14 bits per heavy atom. The van der Waals surface area contributed by atoms with Gasteiger partial charge in [0.2, 0.25) is 5.89 Å². The molecule has 0 amide bonds. The second kappa shape index (κ2) is 5.60. The van der Waals surface area contributed by atoms with Crippen molar-refractivity contribution in [2.75, 3.05) is 23.7 Å². The molecule has 0 aliphatic rings. The smallest absolute Gasteiger partial charge is 0.231 e. The van der Waals surface area contributed by atoms with Crippen LogP contribution in [0.4, 0.5) is 11.4 Å². The largest absolute Gasteiger partial charge is 0.507 e. The maximum absolute atomic E-state index is 10.3. The van der Waals surface area contributed by atoms with Crippen molar-refractivity contribution in [1.29, 1.82) is 0 Å². The first-order valence-electron chi connectivity index (χ1n) is 7.36. The number of hydrogen-bond acceptors (Lipinski definition) is 5. The lowest BCUT2D eigenvalue weighted by atomic mass is 10.1. The van der Waals surface area contributed by atoms with Gasteiger partial charge in [-0.1, -0.05) is 0 Å². The highest BCUT2D eigenvalue weighted by molar-refractivity contribution is 5.80. The van der Waals surface area contributed by atoms with Gasteiger partial charge in [0.1, 0.15) is 11.3 Å². The number of fused-ring (bicyclic) bond motifs is 1. The number of anilines is 2. The Labute approximate surface area is 129 Å². The van der Waals surface area contributed by atoms with E-state index in [-0.39, 0.29) is 5.75 Å². The van der Waals surface area contributed by atoms with Crippen LogP contribution in [-0.2, 0) is 0 Å². The predicted molar refractivity (Wildman–Crippen MR) is 89.1 cm³/mol. The SMILES string of the molecule is CCN(CC)c1ccc(-c2nc3ccc(N)cc3o2)c(O)c1. The number of phenols is 1. The van der Waals surface area contributed by atoms with Crippen LogP contribution < -0.4 is 10.6 Å². The molecule has 1 aromatic heterocycles. The lowest BCUT2D eigenvalue weighted by molar-refractivity contribution is 0.474. The number of nitrogens with two attached hydrogens (primary N) is 1. The second-order valence-corrected chi connectivity index (χ2v) is 5.12. The summed E-state index contributed by atoms with van der Waals surface area (Å²) in [5.74, 6) is 0.549. The van der Waals surface area contributed by atoms with Crippen LogP contribution in [-0.4, -0.2) is 23.2 Å². The molecule has 5 nitrogen and oxygen atoms in total. The van der Waals surface area contributed by atoms with Gasteiger partial charge >= 0.3 is 0 Å². The van der Waals surface area contributed by atoms with Gasteiger partial charge in [-0.15, -0.1) is 0 Å². The van der Waals surface area contributed by atoms with E-state index in [1.807, 2.05) is 12.1 Å². The minimum Gasteiger partial charge on any atom is -0.507 e. The fourth-order valence-corrected chi connectivity index (χ4v) is 2.54. The molecule has 22 heavy (non-hydrogen) atoms. The highest BCUT2D eigenvalue weighted by Crippen LogP contribution is 2.34. The van der Waals surface area contributed by atoms with Crippen molar-refractivity contribution in [3.63, 3.8) is 0 Å². The van der Waals surface area contributed by atoms with E-state index in [1.54, 1.807) is 24.3 Å². The van der Waals surface area contributed by atoms with Gasteiger partial charge < -0.3 is 20.2 Å². The maximum atomic E-state index is 10.3. The van der Waals surface area contributed by atoms with Crippen molar-refractivity contribution < 1.29 is 9.52 Å². The summed E-state index contributed by atoms with van der Waals surface area (Å²) in [6, 6.07) is 10.8. The molecule has 0 aliphatic heterocycles. The van der Waals surface area contributed by atoms with Crippen LogP contribution in [0.15, 0.2) is 40.8 Å². The Hall–Kier alpha value is -2.69. The third kappa shape index (κ3) is 2.45. The van der Waals surface area contributed by atoms with Gasteiger partial charge in [0.25, 0.3) is 0 Å². The van der Waals surface area contributed by atoms with Crippen molar-refractivity contribution in [2.24, 2.45) is 0 Å². The van der Waals surface area contributed by atoms with Crippen LogP contribution in [0.2, 0.25) is 0 Å². The average molecular weight is 297 g/mol. The number of rotatable bonds is 4. The first-order chi connectivity index (χ1) is 10.6. The number of oxazole rings is 1. The molecular weight excluding hydrogens is 278 g/mol. The number of nitrogen functional groups attached to an aromatic ring is 1. The number of aromatic nitrogens is 1. The van der Waals surface area contributed by atoms with Gasteiger partial charge in [0.05, 0.1) is 5.56 Å². The minimum absolute atomic E-state index is 0.156. The van der Waals surface area contributed by atoms with Gasteiger partial charge in [-0.3, -0.25) is 0 Å². The average Bonchev–Trinajstić information content (AvgIpc) is 2.91. The van der Waals surface area contributed by atoms with E-state index in [1.165, 1.54) is 0 Å². The summed E-state index contributed by atoms with van der Waals surface area (Å²) >= 11 is 0. The summed E-state index contributed by atoms with van der Waals surface area (Å²) < 4.78 is 5.70. The summed E-state index contributed by atoms with van der Waals surface area (Å²) in [6.07, 6.45) is 0. The molecule has 5 heteroatoms. The van der Waals surface area contributed by atoms with E-state index < -0.39 is 0 Å². The molecule has 114 valence electrons. The normalized spacial score (nSPS) is 11.0. The Balaban J connectivity index is 2.03. The third-order valence-electron chi connectivity index (χ3n) is 3.75. The first kappa shape index (κ1) is 14.3. The zero-order valence-corrected chi connectivity index (χ0v) is 12.7. The molecule has 0 unspecified atom stereocenters. The molecule has 3 aromatic rings. The molecular formula is C17H19N3O2. The van der Waals surface area contributed by atoms with E-state index in [0.717, 1.165) is 24.3 Å². The summed E-state index contributed by atoms with van der Waals surface area (Å²) in [7, 11) is 0. The number of aromatic hydroxyl groups is 1. The molecule has 0 fully saturated rings. The molecule has 0 saturated heterocycles. The molecule has 0 saturated carbocycles. The predicted octanol–water partition coefficient (Wildman–Crippen LogP) is 3.63. The zero-order chi connectivity index (χ0) is 15.7. The fraction of sp³-hybridized carbons (Fsp3) is 0.235. The van der Waals surface area contributed by atoms with E-state index in [4.69, 9.17) is 10.2 Å². The van der Waals surface area contributed by atoms with Crippen molar-refractivity contribution in [3.05, 3.63) is 36.4 Å². The summed E-state index contributed by atoms with van der Waals surface area (Å²) in [5, 5.41) is 10.3. The van der Waals surface area contributed by atoms with E-state index in [0.29, 0.717) is 22.7 Å².